The first kappa shape index (κ1) is 12.8. The molecule has 2 aliphatic heterocycles. The van der Waals surface area contributed by atoms with Gasteiger partial charge in [-0.15, -0.1) is 0 Å². The fraction of sp³-hybridized carbons (Fsp3) is 1.00. The molecule has 0 spiro atoms. The van der Waals surface area contributed by atoms with Crippen LogP contribution in [0.5, 0.6) is 0 Å². The van der Waals surface area contributed by atoms with Crippen LogP contribution in [0.4, 0.5) is 0 Å². The summed E-state index contributed by atoms with van der Waals surface area (Å²) in [6, 6.07) is 0. The Morgan fingerprint density at radius 3 is 2.17 bits per heavy atom. The highest BCUT2D eigenvalue weighted by Gasteiger charge is 2.67. The van der Waals surface area contributed by atoms with Crippen LogP contribution in [0.1, 0.15) is 34.6 Å². The molecule has 2 saturated heterocycles. The van der Waals surface area contributed by atoms with Crippen LogP contribution in [0.3, 0.4) is 0 Å². The molecule has 5 atom stereocenters. The van der Waals surface area contributed by atoms with Gasteiger partial charge in [-0.3, -0.25) is 0 Å². The first-order valence-corrected chi connectivity index (χ1v) is 6.50. The van der Waals surface area contributed by atoms with E-state index < -0.39 is 23.1 Å². The Labute approximate surface area is 107 Å². The molecule has 0 unspecified atom stereocenters. The van der Waals surface area contributed by atoms with Gasteiger partial charge in [0.2, 0.25) is 0 Å². The van der Waals surface area contributed by atoms with E-state index in [2.05, 4.69) is 0 Å². The number of fused-ring (bicyclic) bond motifs is 3. The van der Waals surface area contributed by atoms with Crippen LogP contribution in [0.25, 0.3) is 0 Å². The molecule has 0 aromatic rings. The molecule has 5 heteroatoms. The zero-order chi connectivity index (χ0) is 13.3. The van der Waals surface area contributed by atoms with Gasteiger partial charge in [-0.25, -0.2) is 0 Å². The fourth-order valence-electron chi connectivity index (χ4n) is 3.25. The smallest absolute Gasteiger partial charge is 0.164 e. The van der Waals surface area contributed by atoms with E-state index in [0.717, 1.165) is 0 Å². The van der Waals surface area contributed by atoms with E-state index in [0.29, 0.717) is 6.61 Å². The molecule has 2 heterocycles. The third-order valence-corrected chi connectivity index (χ3v) is 4.24. The molecular formula is C13H22O5. The fourth-order valence-corrected chi connectivity index (χ4v) is 3.25. The lowest BCUT2D eigenvalue weighted by molar-refractivity contribution is -0.335. The molecule has 3 fully saturated rings. The average molecular weight is 258 g/mol. The lowest BCUT2D eigenvalue weighted by atomic mass is 9.83. The quantitative estimate of drug-likeness (QED) is 0.703. The zero-order valence-corrected chi connectivity index (χ0v) is 11.6. The number of aliphatic hydroxyl groups excluding tert-OH is 1. The van der Waals surface area contributed by atoms with Crippen molar-refractivity contribution in [1.82, 2.24) is 0 Å². The molecule has 1 N–H and O–H groups in total. The van der Waals surface area contributed by atoms with Gasteiger partial charge in [0, 0.05) is 5.41 Å². The van der Waals surface area contributed by atoms with Crippen molar-refractivity contribution in [3.63, 3.8) is 0 Å². The Morgan fingerprint density at radius 2 is 1.50 bits per heavy atom. The molecule has 0 bridgehead atoms. The Morgan fingerprint density at radius 1 is 0.889 bits per heavy atom. The zero-order valence-electron chi connectivity index (χ0n) is 11.6. The number of ether oxygens (including phenoxy) is 4. The summed E-state index contributed by atoms with van der Waals surface area (Å²) in [5.41, 5.74) is -0.471. The van der Waals surface area contributed by atoms with Gasteiger partial charge in [0.25, 0.3) is 0 Å². The summed E-state index contributed by atoms with van der Waals surface area (Å²) in [7, 11) is 0. The normalized spacial score (nSPS) is 53.0. The Balaban J connectivity index is 1.92. The largest absolute Gasteiger partial charge is 0.390 e. The predicted molar refractivity (Wildman–Crippen MR) is 62.8 cm³/mol. The van der Waals surface area contributed by atoms with Crippen molar-refractivity contribution in [1.29, 1.82) is 0 Å². The van der Waals surface area contributed by atoms with Gasteiger partial charge in [-0.05, 0) is 27.7 Å². The minimum atomic E-state index is -0.663. The third kappa shape index (κ3) is 1.65. The molecule has 0 radical (unpaired) electrons. The molecule has 3 aliphatic rings. The topological polar surface area (TPSA) is 57.2 Å². The van der Waals surface area contributed by atoms with E-state index in [1.54, 1.807) is 0 Å². The van der Waals surface area contributed by atoms with E-state index in [4.69, 9.17) is 18.9 Å². The van der Waals surface area contributed by atoms with E-state index in [-0.39, 0.29) is 18.3 Å². The van der Waals surface area contributed by atoms with Crippen molar-refractivity contribution in [3.05, 3.63) is 0 Å². The third-order valence-electron chi connectivity index (χ3n) is 4.24. The summed E-state index contributed by atoms with van der Waals surface area (Å²) in [4.78, 5) is 0. The lowest BCUT2D eigenvalue weighted by Crippen LogP contribution is -2.55. The van der Waals surface area contributed by atoms with Gasteiger partial charge < -0.3 is 24.1 Å². The molecule has 104 valence electrons. The SMILES string of the molecule is CC1(C)O[C@@H]2[C@H](O1)[C@H](O)[C@@]1(C)COC(C)(C)O[C@@H]21. The van der Waals surface area contributed by atoms with Crippen molar-refractivity contribution in [2.45, 2.75) is 70.6 Å². The predicted octanol–water partition coefficient (Wildman–Crippen LogP) is 1.04. The molecule has 1 saturated carbocycles. The Kier molecular flexibility index (Phi) is 2.47. The summed E-state index contributed by atoms with van der Waals surface area (Å²) in [6.45, 7) is 9.90. The van der Waals surface area contributed by atoms with Crippen LogP contribution >= 0.6 is 0 Å². The van der Waals surface area contributed by atoms with Gasteiger partial charge in [-0.1, -0.05) is 6.92 Å². The second-order valence-electron chi connectivity index (χ2n) is 6.74. The summed E-state index contributed by atoms with van der Waals surface area (Å²) < 4.78 is 23.4. The van der Waals surface area contributed by atoms with Gasteiger partial charge in [0.1, 0.15) is 12.2 Å². The van der Waals surface area contributed by atoms with Crippen molar-refractivity contribution >= 4 is 0 Å². The minimum Gasteiger partial charge on any atom is -0.390 e. The van der Waals surface area contributed by atoms with Crippen molar-refractivity contribution in [2.75, 3.05) is 6.61 Å². The summed E-state index contributed by atoms with van der Waals surface area (Å²) in [5.74, 6) is -1.31. The molecule has 0 aromatic carbocycles. The first-order chi connectivity index (χ1) is 8.15. The lowest BCUT2D eigenvalue weighted by Gasteiger charge is -2.46. The van der Waals surface area contributed by atoms with E-state index in [1.807, 2.05) is 34.6 Å². The minimum absolute atomic E-state index is 0.206. The number of aliphatic hydroxyl groups is 1. The van der Waals surface area contributed by atoms with Gasteiger partial charge in [0.15, 0.2) is 11.6 Å². The summed E-state index contributed by atoms with van der Waals surface area (Å²) in [5, 5.41) is 10.5. The number of hydrogen-bond acceptors (Lipinski definition) is 5. The van der Waals surface area contributed by atoms with Gasteiger partial charge >= 0.3 is 0 Å². The van der Waals surface area contributed by atoms with Crippen LogP contribution in [-0.2, 0) is 18.9 Å². The molecule has 3 rings (SSSR count). The standard InChI is InChI=1S/C13H22O5/c1-11(2)15-6-13(5)9(14)7-8(10(13)18-11)17-12(3,4)16-7/h7-10,14H,6H2,1-5H3/t7-,8+,9-,10-,13+/m0/s1. The highest BCUT2D eigenvalue weighted by molar-refractivity contribution is 5.12. The number of hydrogen-bond donors (Lipinski definition) is 1. The van der Waals surface area contributed by atoms with Crippen LogP contribution in [0.2, 0.25) is 0 Å². The van der Waals surface area contributed by atoms with Crippen molar-refractivity contribution in [2.24, 2.45) is 5.41 Å². The maximum atomic E-state index is 10.5. The summed E-state index contributed by atoms with van der Waals surface area (Å²) >= 11 is 0. The highest BCUT2D eigenvalue weighted by atomic mass is 16.8. The van der Waals surface area contributed by atoms with Crippen LogP contribution < -0.4 is 0 Å². The monoisotopic (exact) mass is 258 g/mol. The van der Waals surface area contributed by atoms with Crippen LogP contribution in [0, 0.1) is 5.41 Å². The molecule has 1 aliphatic carbocycles. The average Bonchev–Trinajstić information content (AvgIpc) is 2.64. The second kappa shape index (κ2) is 3.46. The highest BCUT2D eigenvalue weighted by Crippen LogP contribution is 2.52. The Bertz CT molecular complexity index is 366. The second-order valence-corrected chi connectivity index (χ2v) is 6.74. The maximum Gasteiger partial charge on any atom is 0.164 e. The van der Waals surface area contributed by atoms with E-state index in [1.165, 1.54) is 0 Å². The molecule has 0 amide bonds. The van der Waals surface area contributed by atoms with Crippen molar-refractivity contribution < 1.29 is 24.1 Å². The van der Waals surface area contributed by atoms with E-state index >= 15 is 0 Å². The molecule has 5 nitrogen and oxygen atoms in total. The molecule has 0 aromatic heterocycles. The molecule has 18 heavy (non-hydrogen) atoms. The first-order valence-electron chi connectivity index (χ1n) is 6.50. The van der Waals surface area contributed by atoms with Gasteiger partial charge in [0.05, 0.1) is 18.8 Å². The van der Waals surface area contributed by atoms with Crippen LogP contribution in [-0.4, -0.2) is 47.7 Å². The number of rotatable bonds is 0. The van der Waals surface area contributed by atoms with Gasteiger partial charge in [-0.2, -0.15) is 0 Å². The van der Waals surface area contributed by atoms with Crippen LogP contribution in [0.15, 0.2) is 0 Å². The van der Waals surface area contributed by atoms with E-state index in [9.17, 15) is 5.11 Å². The maximum absolute atomic E-state index is 10.5. The Hall–Kier alpha value is -0.200. The van der Waals surface area contributed by atoms with Crippen molar-refractivity contribution in [3.8, 4) is 0 Å². The molecular weight excluding hydrogens is 236 g/mol. The summed E-state index contributed by atoms with van der Waals surface area (Å²) in [6.07, 6.45) is -1.41.